The van der Waals surface area contributed by atoms with Crippen LogP contribution >= 0.6 is 0 Å². The monoisotopic (exact) mass is 437 g/mol. The van der Waals surface area contributed by atoms with E-state index in [1.165, 1.54) is 0 Å². The first-order valence-electron chi connectivity index (χ1n) is 9.53. The lowest BCUT2D eigenvalue weighted by Crippen LogP contribution is -2.49. The highest BCUT2D eigenvalue weighted by molar-refractivity contribution is 5.94. The maximum absolute atomic E-state index is 13.6. The van der Waals surface area contributed by atoms with Crippen LogP contribution in [0, 0.1) is 11.6 Å². The Hall–Kier alpha value is -2.27. The maximum Gasteiger partial charge on any atom is 0.411 e. The zero-order chi connectivity index (χ0) is 22.1. The van der Waals surface area contributed by atoms with Gasteiger partial charge in [-0.05, 0) is 18.6 Å². The van der Waals surface area contributed by atoms with Gasteiger partial charge in [0.1, 0.15) is 18.2 Å². The minimum absolute atomic E-state index is 0.0191. The number of alkyl halides is 3. The van der Waals surface area contributed by atoms with E-state index in [9.17, 15) is 31.5 Å². The molecular formula is C19H24F5N3O3. The summed E-state index contributed by atoms with van der Waals surface area (Å²) in [7, 11) is 0. The van der Waals surface area contributed by atoms with Gasteiger partial charge < -0.3 is 15.0 Å². The van der Waals surface area contributed by atoms with Crippen molar-refractivity contribution in [3.05, 3.63) is 35.4 Å². The van der Waals surface area contributed by atoms with Gasteiger partial charge in [0.05, 0.1) is 5.56 Å². The smallest absolute Gasteiger partial charge is 0.372 e. The Bertz CT molecular complexity index is 722. The number of hydrogen-bond donors (Lipinski definition) is 1. The quantitative estimate of drug-likeness (QED) is 0.475. The van der Waals surface area contributed by atoms with E-state index in [1.807, 2.05) is 4.90 Å². The van der Waals surface area contributed by atoms with Crippen LogP contribution in [-0.4, -0.2) is 80.3 Å². The molecule has 0 radical (unpaired) electrons. The van der Waals surface area contributed by atoms with Crippen molar-refractivity contribution in [2.24, 2.45) is 0 Å². The van der Waals surface area contributed by atoms with Crippen LogP contribution < -0.4 is 5.32 Å². The largest absolute Gasteiger partial charge is 0.411 e. The van der Waals surface area contributed by atoms with Crippen molar-refractivity contribution in [3.8, 4) is 0 Å². The van der Waals surface area contributed by atoms with E-state index in [4.69, 9.17) is 0 Å². The van der Waals surface area contributed by atoms with Gasteiger partial charge in [0.2, 0.25) is 5.91 Å². The van der Waals surface area contributed by atoms with Gasteiger partial charge in [-0.2, -0.15) is 13.2 Å². The van der Waals surface area contributed by atoms with Crippen LogP contribution in [0.25, 0.3) is 0 Å². The predicted octanol–water partition coefficient (Wildman–Crippen LogP) is 2.20. The Labute approximate surface area is 171 Å². The molecule has 1 aliphatic rings. The first-order chi connectivity index (χ1) is 14.2. The van der Waals surface area contributed by atoms with Gasteiger partial charge >= 0.3 is 6.18 Å². The first-order valence-corrected chi connectivity index (χ1v) is 9.53. The number of amides is 2. The number of rotatable bonds is 9. The summed E-state index contributed by atoms with van der Waals surface area (Å²) < 4.78 is 66.9. The highest BCUT2D eigenvalue weighted by Gasteiger charge is 2.27. The average Bonchev–Trinajstić information content (AvgIpc) is 2.67. The zero-order valence-electron chi connectivity index (χ0n) is 16.3. The number of nitrogens with zero attached hydrogens (tertiary/aromatic N) is 2. The third kappa shape index (κ3) is 8.23. The molecule has 0 bridgehead atoms. The third-order valence-corrected chi connectivity index (χ3v) is 4.55. The Morgan fingerprint density at radius 3 is 2.43 bits per heavy atom. The molecule has 1 aromatic carbocycles. The lowest BCUT2D eigenvalue weighted by molar-refractivity contribution is -0.174. The standard InChI is InChI=1S/C19H24F5N3O3/c20-14-2-3-15(16(21)12-14)18(29)25-5-4-17(28)27-9-7-26(8-10-27)6-1-11-30-13-19(22,23)24/h2-3,12H,1,4-11,13H2,(H,25,29). The second-order valence-corrected chi connectivity index (χ2v) is 6.87. The zero-order valence-corrected chi connectivity index (χ0v) is 16.3. The number of benzene rings is 1. The Morgan fingerprint density at radius 2 is 1.80 bits per heavy atom. The van der Waals surface area contributed by atoms with Gasteiger partial charge in [-0.25, -0.2) is 8.78 Å². The first kappa shape index (κ1) is 24.0. The van der Waals surface area contributed by atoms with E-state index < -0.39 is 30.3 Å². The maximum atomic E-state index is 13.6. The molecule has 168 valence electrons. The molecule has 0 saturated carbocycles. The molecule has 11 heteroatoms. The van der Waals surface area contributed by atoms with Crippen LogP contribution in [0.2, 0.25) is 0 Å². The molecule has 1 aliphatic heterocycles. The molecule has 1 saturated heterocycles. The van der Waals surface area contributed by atoms with Gasteiger partial charge in [-0.1, -0.05) is 0 Å². The molecule has 1 fully saturated rings. The summed E-state index contributed by atoms with van der Waals surface area (Å²) in [5.41, 5.74) is -0.295. The van der Waals surface area contributed by atoms with Crippen LogP contribution in [-0.2, 0) is 9.53 Å². The summed E-state index contributed by atoms with van der Waals surface area (Å²) in [4.78, 5) is 27.8. The molecule has 1 aromatic rings. The summed E-state index contributed by atoms with van der Waals surface area (Å²) >= 11 is 0. The molecular weight excluding hydrogens is 413 g/mol. The van der Waals surface area contributed by atoms with Crippen LogP contribution in [0.3, 0.4) is 0 Å². The topological polar surface area (TPSA) is 61.9 Å². The van der Waals surface area contributed by atoms with E-state index in [-0.39, 0.29) is 31.0 Å². The van der Waals surface area contributed by atoms with Gasteiger partial charge in [-0.3, -0.25) is 14.5 Å². The fraction of sp³-hybridized carbons (Fsp3) is 0.579. The molecule has 0 spiro atoms. The number of piperazine rings is 1. The van der Waals surface area contributed by atoms with Gasteiger partial charge in [0.25, 0.3) is 5.91 Å². The fourth-order valence-corrected chi connectivity index (χ4v) is 3.01. The second kappa shape index (κ2) is 11.2. The second-order valence-electron chi connectivity index (χ2n) is 6.87. The average molecular weight is 437 g/mol. The molecule has 0 atom stereocenters. The van der Waals surface area contributed by atoms with E-state index in [1.54, 1.807) is 4.90 Å². The lowest BCUT2D eigenvalue weighted by Gasteiger charge is -2.34. The summed E-state index contributed by atoms with van der Waals surface area (Å²) in [5.74, 6) is -2.65. The summed E-state index contributed by atoms with van der Waals surface area (Å²) in [6.45, 7) is 1.51. The van der Waals surface area contributed by atoms with E-state index in [2.05, 4.69) is 10.1 Å². The summed E-state index contributed by atoms with van der Waals surface area (Å²) in [6.07, 6.45) is -3.81. The number of ether oxygens (including phenoxy) is 1. The number of nitrogens with one attached hydrogen (secondary N) is 1. The van der Waals surface area contributed by atoms with Crippen molar-refractivity contribution in [2.75, 3.05) is 52.5 Å². The fourth-order valence-electron chi connectivity index (χ4n) is 3.01. The van der Waals surface area contributed by atoms with Crippen molar-refractivity contribution >= 4 is 11.8 Å². The van der Waals surface area contributed by atoms with Crippen molar-refractivity contribution in [2.45, 2.75) is 19.0 Å². The van der Waals surface area contributed by atoms with Crippen LogP contribution in [0.5, 0.6) is 0 Å². The lowest BCUT2D eigenvalue weighted by atomic mass is 10.2. The van der Waals surface area contributed by atoms with Crippen molar-refractivity contribution in [1.82, 2.24) is 15.1 Å². The van der Waals surface area contributed by atoms with Crippen LogP contribution in [0.1, 0.15) is 23.2 Å². The minimum Gasteiger partial charge on any atom is -0.372 e. The van der Waals surface area contributed by atoms with Crippen LogP contribution in [0.15, 0.2) is 18.2 Å². The van der Waals surface area contributed by atoms with Gasteiger partial charge in [0.15, 0.2) is 0 Å². The predicted molar refractivity (Wildman–Crippen MR) is 97.8 cm³/mol. The Morgan fingerprint density at radius 1 is 1.10 bits per heavy atom. The Kier molecular flexibility index (Phi) is 8.97. The number of carbonyl (C=O) groups excluding carboxylic acids is 2. The summed E-state index contributed by atoms with van der Waals surface area (Å²) in [6, 6.07) is 2.63. The normalized spacial score (nSPS) is 15.3. The van der Waals surface area contributed by atoms with E-state index in [0.29, 0.717) is 45.2 Å². The highest BCUT2D eigenvalue weighted by Crippen LogP contribution is 2.14. The number of halogens is 5. The van der Waals surface area contributed by atoms with Crippen molar-refractivity contribution < 1.29 is 36.3 Å². The van der Waals surface area contributed by atoms with Crippen molar-refractivity contribution in [1.29, 1.82) is 0 Å². The van der Waals surface area contributed by atoms with E-state index in [0.717, 1.165) is 12.1 Å². The number of hydrogen-bond acceptors (Lipinski definition) is 4. The number of carbonyl (C=O) groups is 2. The Balaban J connectivity index is 1.60. The molecule has 1 N–H and O–H groups in total. The molecule has 6 nitrogen and oxygen atoms in total. The SMILES string of the molecule is O=C(NCCC(=O)N1CCN(CCCOCC(F)(F)F)CC1)c1ccc(F)cc1F. The minimum atomic E-state index is -4.32. The van der Waals surface area contributed by atoms with Crippen molar-refractivity contribution in [3.63, 3.8) is 0 Å². The molecule has 0 aliphatic carbocycles. The summed E-state index contributed by atoms with van der Waals surface area (Å²) in [5, 5.41) is 2.44. The highest BCUT2D eigenvalue weighted by atomic mass is 19.4. The molecule has 0 unspecified atom stereocenters. The van der Waals surface area contributed by atoms with Gasteiger partial charge in [-0.15, -0.1) is 0 Å². The molecule has 2 rings (SSSR count). The molecule has 2 amide bonds. The van der Waals surface area contributed by atoms with Crippen LogP contribution in [0.4, 0.5) is 22.0 Å². The molecule has 1 heterocycles. The third-order valence-electron chi connectivity index (χ3n) is 4.55. The van der Waals surface area contributed by atoms with E-state index >= 15 is 0 Å². The van der Waals surface area contributed by atoms with Gasteiger partial charge in [0, 0.05) is 58.4 Å². The molecule has 30 heavy (non-hydrogen) atoms. The molecule has 0 aromatic heterocycles.